The van der Waals surface area contributed by atoms with Gasteiger partial charge in [0, 0.05) is 0 Å². The second kappa shape index (κ2) is 5.31. The fourth-order valence-electron chi connectivity index (χ4n) is 2.94. The van der Waals surface area contributed by atoms with E-state index in [4.69, 9.17) is 0 Å². The molecule has 0 atom stereocenters. The summed E-state index contributed by atoms with van der Waals surface area (Å²) in [6.07, 6.45) is 0. The Morgan fingerprint density at radius 1 is 0.682 bits per heavy atom. The molecule has 0 amide bonds. The van der Waals surface area contributed by atoms with Crippen LogP contribution >= 0.6 is 0 Å². The van der Waals surface area contributed by atoms with Crippen molar-refractivity contribution >= 4 is 40.9 Å². The summed E-state index contributed by atoms with van der Waals surface area (Å²) in [6.45, 7) is 4.36. The maximum absolute atomic E-state index is 2.42. The number of para-hydroxylation sites is 2. The van der Waals surface area contributed by atoms with Crippen molar-refractivity contribution in [3.8, 4) is 0 Å². The van der Waals surface area contributed by atoms with Crippen LogP contribution < -0.4 is 13.8 Å². The van der Waals surface area contributed by atoms with Gasteiger partial charge in [0.05, 0.1) is 0 Å². The van der Waals surface area contributed by atoms with Crippen LogP contribution in [0, 0.1) is 13.8 Å². The second-order valence-electron chi connectivity index (χ2n) is 5.66. The van der Waals surface area contributed by atoms with E-state index in [-0.39, 0.29) is 0 Å². The molecule has 0 fully saturated rings. The number of fused-ring (bicyclic) bond motifs is 2. The van der Waals surface area contributed by atoms with Crippen LogP contribution in [0.3, 0.4) is 0 Å². The van der Waals surface area contributed by atoms with E-state index in [9.17, 15) is 0 Å². The fraction of sp³-hybridized carbons (Fsp3) is 0.100. The van der Waals surface area contributed by atoms with E-state index < -0.39 is 0 Å². The number of nitrogens with zero attached hydrogens (tertiary/aromatic N) is 1. The van der Waals surface area contributed by atoms with Crippen LogP contribution in [-0.2, 0) is 0 Å². The zero-order valence-corrected chi connectivity index (χ0v) is 14.4. The summed E-state index contributed by atoms with van der Waals surface area (Å²) in [5.74, 6) is 0. The molecule has 2 heteroatoms. The van der Waals surface area contributed by atoms with Crippen LogP contribution in [0.5, 0.6) is 0 Å². The van der Waals surface area contributed by atoms with Crippen LogP contribution in [0.15, 0.2) is 66.7 Å². The molecule has 0 aromatic heterocycles. The van der Waals surface area contributed by atoms with Gasteiger partial charge in [-0.25, -0.2) is 0 Å². The Bertz CT molecular complexity index is 843. The molecular formula is C20H17NSe. The van der Waals surface area contributed by atoms with Gasteiger partial charge in [-0.2, -0.15) is 0 Å². The number of hydrogen-bond acceptors (Lipinski definition) is 1. The van der Waals surface area contributed by atoms with Gasteiger partial charge in [-0.1, -0.05) is 0 Å². The third-order valence-corrected chi connectivity index (χ3v) is 6.37. The Morgan fingerprint density at radius 3 is 2.18 bits per heavy atom. The molecule has 0 saturated heterocycles. The Morgan fingerprint density at radius 2 is 1.36 bits per heavy atom. The molecule has 0 saturated carbocycles. The Kier molecular flexibility index (Phi) is 3.29. The van der Waals surface area contributed by atoms with E-state index in [1.165, 1.54) is 37.1 Å². The van der Waals surface area contributed by atoms with Gasteiger partial charge in [0.1, 0.15) is 0 Å². The molecule has 0 aliphatic carbocycles. The SMILES string of the molecule is Cc1ccc2c(c1)[Se]c1ccccc1N2c1ccccc1C. The Balaban J connectivity index is 2.00. The zero-order chi connectivity index (χ0) is 15.1. The van der Waals surface area contributed by atoms with E-state index >= 15 is 0 Å². The molecule has 0 N–H and O–H groups in total. The molecule has 1 nitrogen and oxygen atoms in total. The van der Waals surface area contributed by atoms with Crippen molar-refractivity contribution < 1.29 is 0 Å². The summed E-state index contributed by atoms with van der Waals surface area (Å²) in [4.78, 5) is 2.42. The summed E-state index contributed by atoms with van der Waals surface area (Å²) in [6, 6.07) is 24.3. The van der Waals surface area contributed by atoms with Crippen LogP contribution in [0.2, 0.25) is 0 Å². The standard InChI is InChI=1S/C20H17NSe/c1-14-11-12-18-20(13-14)22-19-10-6-5-9-17(19)21(18)16-8-4-3-7-15(16)2/h3-13H,1-2H3. The van der Waals surface area contributed by atoms with E-state index in [2.05, 4.69) is 85.5 Å². The summed E-state index contributed by atoms with van der Waals surface area (Å²) in [7, 11) is 0. The first-order chi connectivity index (χ1) is 10.7. The van der Waals surface area contributed by atoms with Gasteiger partial charge in [-0.05, 0) is 0 Å². The monoisotopic (exact) mass is 351 g/mol. The molecule has 1 aliphatic rings. The summed E-state index contributed by atoms with van der Waals surface area (Å²) in [5, 5.41) is 0. The zero-order valence-electron chi connectivity index (χ0n) is 12.7. The van der Waals surface area contributed by atoms with Crippen molar-refractivity contribution in [2.45, 2.75) is 13.8 Å². The van der Waals surface area contributed by atoms with Crippen LogP contribution in [0.25, 0.3) is 0 Å². The number of aryl methyl sites for hydroxylation is 2. The van der Waals surface area contributed by atoms with Crippen molar-refractivity contribution in [1.29, 1.82) is 0 Å². The topological polar surface area (TPSA) is 3.24 Å². The molecule has 0 spiro atoms. The van der Waals surface area contributed by atoms with Gasteiger partial charge in [-0.3, -0.25) is 0 Å². The number of hydrogen-bond donors (Lipinski definition) is 0. The average Bonchev–Trinajstić information content (AvgIpc) is 2.53. The maximum atomic E-state index is 2.42. The molecule has 1 heterocycles. The van der Waals surface area contributed by atoms with Crippen molar-refractivity contribution in [3.63, 3.8) is 0 Å². The molecule has 3 aromatic carbocycles. The molecule has 4 rings (SSSR count). The minimum absolute atomic E-state index is 0.372. The number of anilines is 3. The van der Waals surface area contributed by atoms with E-state index in [1.807, 2.05) is 0 Å². The molecular weight excluding hydrogens is 333 g/mol. The summed E-state index contributed by atoms with van der Waals surface area (Å²) < 4.78 is 2.92. The van der Waals surface area contributed by atoms with Crippen molar-refractivity contribution in [3.05, 3.63) is 77.9 Å². The van der Waals surface area contributed by atoms with Crippen LogP contribution in [0.1, 0.15) is 11.1 Å². The molecule has 0 radical (unpaired) electrons. The van der Waals surface area contributed by atoms with Crippen LogP contribution in [0.4, 0.5) is 17.1 Å². The molecule has 1 aliphatic heterocycles. The Labute approximate surface area is 137 Å². The normalized spacial score (nSPS) is 12.7. The molecule has 108 valence electrons. The van der Waals surface area contributed by atoms with Gasteiger partial charge in [0.15, 0.2) is 0 Å². The first-order valence-electron chi connectivity index (χ1n) is 7.47. The second-order valence-corrected chi connectivity index (χ2v) is 7.94. The predicted octanol–water partition coefficient (Wildman–Crippen LogP) is 3.74. The fourth-order valence-corrected chi connectivity index (χ4v) is 5.36. The third-order valence-electron chi connectivity index (χ3n) is 4.04. The number of rotatable bonds is 1. The van der Waals surface area contributed by atoms with E-state index in [0.717, 1.165) is 0 Å². The Hall–Kier alpha value is -2.02. The minimum atomic E-state index is 0.372. The van der Waals surface area contributed by atoms with Gasteiger partial charge >= 0.3 is 138 Å². The quantitative estimate of drug-likeness (QED) is 0.473. The van der Waals surface area contributed by atoms with Gasteiger partial charge in [0.25, 0.3) is 0 Å². The van der Waals surface area contributed by atoms with E-state index in [0.29, 0.717) is 15.0 Å². The van der Waals surface area contributed by atoms with Crippen molar-refractivity contribution in [2.24, 2.45) is 0 Å². The number of benzene rings is 3. The van der Waals surface area contributed by atoms with Crippen LogP contribution in [-0.4, -0.2) is 15.0 Å². The van der Waals surface area contributed by atoms with Crippen molar-refractivity contribution in [2.75, 3.05) is 4.90 Å². The van der Waals surface area contributed by atoms with Crippen molar-refractivity contribution in [1.82, 2.24) is 0 Å². The third kappa shape index (κ3) is 2.16. The first-order valence-corrected chi connectivity index (χ1v) is 9.18. The molecule has 0 unspecified atom stereocenters. The van der Waals surface area contributed by atoms with Gasteiger partial charge in [-0.15, -0.1) is 0 Å². The molecule has 22 heavy (non-hydrogen) atoms. The molecule has 3 aromatic rings. The van der Waals surface area contributed by atoms with E-state index in [1.54, 1.807) is 0 Å². The summed E-state index contributed by atoms with van der Waals surface area (Å²) in [5.41, 5.74) is 6.57. The average molecular weight is 350 g/mol. The molecule has 0 bridgehead atoms. The van der Waals surface area contributed by atoms with Gasteiger partial charge in [0.2, 0.25) is 0 Å². The first kappa shape index (κ1) is 13.6. The predicted molar refractivity (Wildman–Crippen MR) is 95.6 cm³/mol. The summed E-state index contributed by atoms with van der Waals surface area (Å²) >= 11 is 0.372. The van der Waals surface area contributed by atoms with Gasteiger partial charge < -0.3 is 0 Å².